The predicted molar refractivity (Wildman–Crippen MR) is 90.0 cm³/mol. The van der Waals surface area contributed by atoms with E-state index in [-0.39, 0.29) is 22.0 Å². The van der Waals surface area contributed by atoms with Crippen LogP contribution < -0.4 is 4.72 Å². The SMILES string of the molecule is CC1(c2cc(NS(=O)(=O)Cc3ccc(Cl)c(F)c3)no2)CCCC1. The lowest BCUT2D eigenvalue weighted by atomic mass is 9.86. The molecule has 1 fully saturated rings. The Morgan fingerprint density at radius 1 is 1.33 bits per heavy atom. The molecule has 3 rings (SSSR count). The van der Waals surface area contributed by atoms with E-state index in [1.807, 2.05) is 0 Å². The van der Waals surface area contributed by atoms with E-state index in [0.29, 0.717) is 11.3 Å². The van der Waals surface area contributed by atoms with Gasteiger partial charge in [0.2, 0.25) is 10.0 Å². The van der Waals surface area contributed by atoms with Crippen molar-refractivity contribution in [3.05, 3.63) is 46.4 Å². The van der Waals surface area contributed by atoms with Gasteiger partial charge in [0.15, 0.2) is 5.82 Å². The minimum Gasteiger partial charge on any atom is -0.359 e. The summed E-state index contributed by atoms with van der Waals surface area (Å²) in [5, 5.41) is 3.76. The fraction of sp³-hybridized carbons (Fsp3) is 0.438. The van der Waals surface area contributed by atoms with Crippen molar-refractivity contribution in [1.82, 2.24) is 5.16 Å². The van der Waals surface area contributed by atoms with Crippen molar-refractivity contribution in [3.8, 4) is 0 Å². The molecule has 1 aromatic carbocycles. The largest absolute Gasteiger partial charge is 0.359 e. The van der Waals surface area contributed by atoms with Crippen LogP contribution in [0.1, 0.15) is 43.9 Å². The zero-order valence-electron chi connectivity index (χ0n) is 13.2. The number of aromatic nitrogens is 1. The monoisotopic (exact) mass is 372 g/mol. The molecular formula is C16H18ClFN2O3S. The molecule has 1 saturated carbocycles. The molecule has 5 nitrogen and oxygen atoms in total. The Labute approximate surface area is 145 Å². The first-order chi connectivity index (χ1) is 11.3. The summed E-state index contributed by atoms with van der Waals surface area (Å²) in [7, 11) is -3.73. The van der Waals surface area contributed by atoms with Gasteiger partial charge in [0.05, 0.1) is 10.8 Å². The normalized spacial score (nSPS) is 17.1. The van der Waals surface area contributed by atoms with Crippen LogP contribution in [0.15, 0.2) is 28.8 Å². The van der Waals surface area contributed by atoms with E-state index in [2.05, 4.69) is 16.8 Å². The van der Waals surface area contributed by atoms with Gasteiger partial charge in [0, 0.05) is 11.5 Å². The Bertz CT molecular complexity index is 845. The Morgan fingerprint density at radius 3 is 2.71 bits per heavy atom. The van der Waals surface area contributed by atoms with Crippen LogP contribution in [0, 0.1) is 5.82 Å². The lowest BCUT2D eigenvalue weighted by Gasteiger charge is -2.18. The molecule has 0 aliphatic heterocycles. The van der Waals surface area contributed by atoms with Gasteiger partial charge in [0.25, 0.3) is 0 Å². The van der Waals surface area contributed by atoms with Gasteiger partial charge in [-0.3, -0.25) is 4.72 Å². The maximum absolute atomic E-state index is 13.4. The summed E-state index contributed by atoms with van der Waals surface area (Å²) < 4.78 is 45.6. The van der Waals surface area contributed by atoms with Gasteiger partial charge in [-0.1, -0.05) is 42.6 Å². The van der Waals surface area contributed by atoms with Gasteiger partial charge < -0.3 is 4.52 Å². The third-order valence-electron chi connectivity index (χ3n) is 4.41. The van der Waals surface area contributed by atoms with Crippen LogP contribution in [0.2, 0.25) is 5.02 Å². The molecule has 1 heterocycles. The van der Waals surface area contributed by atoms with Gasteiger partial charge in [-0.25, -0.2) is 12.8 Å². The Morgan fingerprint density at radius 2 is 2.04 bits per heavy atom. The maximum Gasteiger partial charge on any atom is 0.238 e. The number of nitrogens with zero attached hydrogens (tertiary/aromatic N) is 1. The highest BCUT2D eigenvalue weighted by atomic mass is 35.5. The molecule has 24 heavy (non-hydrogen) atoms. The average molecular weight is 373 g/mol. The fourth-order valence-electron chi connectivity index (χ4n) is 3.05. The van der Waals surface area contributed by atoms with Crippen LogP contribution in [-0.4, -0.2) is 13.6 Å². The van der Waals surface area contributed by atoms with Gasteiger partial charge in [-0.15, -0.1) is 0 Å². The second kappa shape index (κ2) is 6.37. The van der Waals surface area contributed by atoms with Gasteiger partial charge in [-0.2, -0.15) is 0 Å². The lowest BCUT2D eigenvalue weighted by Crippen LogP contribution is -2.16. The molecule has 0 amide bonds. The molecular weight excluding hydrogens is 355 g/mol. The highest BCUT2D eigenvalue weighted by molar-refractivity contribution is 7.91. The minimum atomic E-state index is -3.73. The van der Waals surface area contributed by atoms with E-state index in [9.17, 15) is 12.8 Å². The van der Waals surface area contributed by atoms with Crippen molar-refractivity contribution in [2.75, 3.05) is 4.72 Å². The Kier molecular flexibility index (Phi) is 4.57. The summed E-state index contributed by atoms with van der Waals surface area (Å²) >= 11 is 5.60. The molecule has 1 N–H and O–H groups in total. The molecule has 0 radical (unpaired) electrons. The molecule has 1 aromatic heterocycles. The summed E-state index contributed by atoms with van der Waals surface area (Å²) in [6.45, 7) is 2.09. The van der Waals surface area contributed by atoms with Crippen LogP contribution in [0.25, 0.3) is 0 Å². The minimum absolute atomic E-state index is 0.0462. The molecule has 2 aromatic rings. The van der Waals surface area contributed by atoms with E-state index in [1.54, 1.807) is 6.07 Å². The topological polar surface area (TPSA) is 72.2 Å². The van der Waals surface area contributed by atoms with Crippen molar-refractivity contribution in [3.63, 3.8) is 0 Å². The average Bonchev–Trinajstić information content (AvgIpc) is 3.12. The number of sulfonamides is 1. The fourth-order valence-corrected chi connectivity index (χ4v) is 4.28. The van der Waals surface area contributed by atoms with Gasteiger partial charge in [-0.05, 0) is 30.5 Å². The molecule has 8 heteroatoms. The Balaban J connectivity index is 1.72. The van der Waals surface area contributed by atoms with Crippen molar-refractivity contribution >= 4 is 27.4 Å². The third-order valence-corrected chi connectivity index (χ3v) is 5.95. The van der Waals surface area contributed by atoms with Gasteiger partial charge in [0.1, 0.15) is 11.6 Å². The van der Waals surface area contributed by atoms with E-state index < -0.39 is 15.8 Å². The van der Waals surface area contributed by atoms with Crippen molar-refractivity contribution < 1.29 is 17.3 Å². The number of halogens is 2. The second-order valence-corrected chi connectivity index (χ2v) is 8.58. The second-order valence-electron chi connectivity index (χ2n) is 6.45. The number of anilines is 1. The van der Waals surface area contributed by atoms with Crippen molar-refractivity contribution in [2.24, 2.45) is 0 Å². The van der Waals surface area contributed by atoms with Crippen molar-refractivity contribution in [2.45, 2.75) is 43.8 Å². The highest BCUT2D eigenvalue weighted by Gasteiger charge is 2.34. The van der Waals surface area contributed by atoms with Crippen LogP contribution in [0.3, 0.4) is 0 Å². The summed E-state index contributed by atoms with van der Waals surface area (Å²) in [5.74, 6) is -0.189. The number of benzene rings is 1. The molecule has 0 spiro atoms. The predicted octanol–water partition coefficient (Wildman–Crippen LogP) is 4.24. The van der Waals surface area contributed by atoms with Crippen LogP contribution in [0.4, 0.5) is 10.2 Å². The lowest BCUT2D eigenvalue weighted by molar-refractivity contribution is 0.306. The maximum atomic E-state index is 13.4. The van der Waals surface area contributed by atoms with Gasteiger partial charge >= 0.3 is 0 Å². The summed E-state index contributed by atoms with van der Waals surface area (Å²) in [5.41, 5.74) is 0.214. The number of rotatable bonds is 5. The summed E-state index contributed by atoms with van der Waals surface area (Å²) in [4.78, 5) is 0. The molecule has 0 unspecified atom stereocenters. The molecule has 0 bridgehead atoms. The molecule has 1 aliphatic rings. The number of hydrogen-bond acceptors (Lipinski definition) is 4. The van der Waals surface area contributed by atoms with Crippen LogP contribution in [0.5, 0.6) is 0 Å². The first-order valence-electron chi connectivity index (χ1n) is 7.69. The zero-order chi connectivity index (χ0) is 17.4. The van der Waals surface area contributed by atoms with E-state index in [1.165, 1.54) is 12.1 Å². The smallest absolute Gasteiger partial charge is 0.238 e. The molecule has 1 aliphatic carbocycles. The number of nitrogens with one attached hydrogen (secondary N) is 1. The first kappa shape index (κ1) is 17.2. The highest BCUT2D eigenvalue weighted by Crippen LogP contribution is 2.41. The van der Waals surface area contributed by atoms with E-state index >= 15 is 0 Å². The molecule has 130 valence electrons. The summed E-state index contributed by atoms with van der Waals surface area (Å²) in [6, 6.07) is 5.54. The third kappa shape index (κ3) is 3.72. The molecule has 0 atom stereocenters. The molecule has 0 saturated heterocycles. The quantitative estimate of drug-likeness (QED) is 0.851. The van der Waals surface area contributed by atoms with Crippen LogP contribution in [-0.2, 0) is 21.2 Å². The standard InChI is InChI=1S/C16H18ClFN2O3S/c1-16(6-2-3-7-16)14-9-15(19-23-14)20-24(21,22)10-11-4-5-12(17)13(18)8-11/h4-5,8-9H,2-3,6-7,10H2,1H3,(H,19,20). The Hall–Kier alpha value is -1.60. The first-order valence-corrected chi connectivity index (χ1v) is 9.72. The van der Waals surface area contributed by atoms with E-state index in [4.69, 9.17) is 16.1 Å². The van der Waals surface area contributed by atoms with Crippen molar-refractivity contribution in [1.29, 1.82) is 0 Å². The van der Waals surface area contributed by atoms with Crippen LogP contribution >= 0.6 is 11.6 Å². The number of hydrogen-bond donors (Lipinski definition) is 1. The zero-order valence-corrected chi connectivity index (χ0v) is 14.8. The summed E-state index contributed by atoms with van der Waals surface area (Å²) in [6.07, 6.45) is 4.25. The van der Waals surface area contributed by atoms with E-state index in [0.717, 1.165) is 31.7 Å².